The molecule has 0 aliphatic heterocycles. The van der Waals surface area contributed by atoms with Gasteiger partial charge in [-0.15, -0.1) is 0 Å². The molecule has 0 bridgehead atoms. The number of nitrogens with zero attached hydrogens (tertiary/aromatic N) is 3. The molecule has 88 valence electrons. The van der Waals surface area contributed by atoms with Gasteiger partial charge in [-0.05, 0) is 6.92 Å². The van der Waals surface area contributed by atoms with Crippen molar-refractivity contribution in [2.75, 3.05) is 11.9 Å². The summed E-state index contributed by atoms with van der Waals surface area (Å²) in [6.07, 6.45) is 6.92. The third kappa shape index (κ3) is 3.14. The van der Waals surface area contributed by atoms with Gasteiger partial charge in [0.15, 0.2) is 5.43 Å². The molecule has 1 N–H and O–H groups in total. The van der Waals surface area contributed by atoms with Gasteiger partial charge < -0.3 is 9.88 Å². The molecule has 0 saturated heterocycles. The van der Waals surface area contributed by atoms with Crippen molar-refractivity contribution in [1.82, 2.24) is 14.5 Å². The Labute approximate surface area is 99.2 Å². The first-order valence-corrected chi connectivity index (χ1v) is 5.49. The fourth-order valence-electron chi connectivity index (χ4n) is 1.44. The summed E-state index contributed by atoms with van der Waals surface area (Å²) in [6, 6.07) is 3.06. The fourth-order valence-corrected chi connectivity index (χ4v) is 1.44. The predicted octanol–water partition coefficient (Wildman–Crippen LogP) is 1.12. The van der Waals surface area contributed by atoms with Crippen molar-refractivity contribution in [3.8, 4) is 0 Å². The van der Waals surface area contributed by atoms with E-state index in [1.807, 2.05) is 11.5 Å². The summed E-state index contributed by atoms with van der Waals surface area (Å²) in [4.78, 5) is 19.5. The molecule has 5 heteroatoms. The van der Waals surface area contributed by atoms with Crippen LogP contribution < -0.4 is 10.7 Å². The van der Waals surface area contributed by atoms with Gasteiger partial charge in [-0.2, -0.15) is 0 Å². The molecule has 2 aromatic rings. The minimum absolute atomic E-state index is 0.00910. The molecule has 0 atom stereocenters. The first-order valence-electron chi connectivity index (χ1n) is 5.49. The monoisotopic (exact) mass is 230 g/mol. The Bertz CT molecular complexity index is 512. The molecule has 2 aromatic heterocycles. The predicted molar refractivity (Wildman–Crippen MR) is 66.0 cm³/mol. The number of rotatable bonds is 4. The standard InChI is InChI=1S/C12H14N4O/c1-2-13-12-8-14-10(7-15-12)9-16-5-3-11(17)4-6-16/h3-8H,2,9H2,1H3,(H,13,15). The highest BCUT2D eigenvalue weighted by molar-refractivity contribution is 5.30. The van der Waals surface area contributed by atoms with E-state index in [0.717, 1.165) is 18.1 Å². The third-order valence-corrected chi connectivity index (χ3v) is 2.27. The van der Waals surface area contributed by atoms with Crippen LogP contribution in [0.2, 0.25) is 0 Å². The van der Waals surface area contributed by atoms with Crippen LogP contribution in [0.4, 0.5) is 5.82 Å². The second-order valence-electron chi connectivity index (χ2n) is 3.63. The second kappa shape index (κ2) is 5.25. The van der Waals surface area contributed by atoms with Gasteiger partial charge in [-0.3, -0.25) is 9.78 Å². The number of anilines is 1. The molecule has 0 aliphatic carbocycles. The van der Waals surface area contributed by atoms with E-state index in [9.17, 15) is 4.79 Å². The summed E-state index contributed by atoms with van der Waals surface area (Å²) in [7, 11) is 0. The van der Waals surface area contributed by atoms with Gasteiger partial charge in [-0.25, -0.2) is 4.98 Å². The number of nitrogens with one attached hydrogen (secondary N) is 1. The van der Waals surface area contributed by atoms with Crippen LogP contribution in [-0.4, -0.2) is 21.1 Å². The Morgan fingerprint density at radius 2 is 2.00 bits per heavy atom. The van der Waals surface area contributed by atoms with E-state index in [1.165, 1.54) is 12.1 Å². The molecule has 2 rings (SSSR count). The van der Waals surface area contributed by atoms with E-state index >= 15 is 0 Å². The molecule has 0 fully saturated rings. The lowest BCUT2D eigenvalue weighted by molar-refractivity contribution is 0.760. The summed E-state index contributed by atoms with van der Waals surface area (Å²) < 4.78 is 1.89. The van der Waals surface area contributed by atoms with E-state index in [4.69, 9.17) is 0 Å². The number of hydrogen-bond donors (Lipinski definition) is 1. The highest BCUT2D eigenvalue weighted by Crippen LogP contribution is 2.02. The van der Waals surface area contributed by atoms with Crippen molar-refractivity contribution >= 4 is 5.82 Å². The van der Waals surface area contributed by atoms with Crippen LogP contribution in [0.1, 0.15) is 12.6 Å². The smallest absolute Gasteiger partial charge is 0.181 e. The average Bonchev–Trinajstić information content (AvgIpc) is 2.35. The highest BCUT2D eigenvalue weighted by Gasteiger charge is 1.97. The molecular weight excluding hydrogens is 216 g/mol. The van der Waals surface area contributed by atoms with E-state index in [0.29, 0.717) is 6.54 Å². The van der Waals surface area contributed by atoms with E-state index in [2.05, 4.69) is 15.3 Å². The van der Waals surface area contributed by atoms with Gasteiger partial charge in [-0.1, -0.05) is 0 Å². The van der Waals surface area contributed by atoms with Gasteiger partial charge in [0.2, 0.25) is 0 Å². The topological polar surface area (TPSA) is 59.8 Å². The van der Waals surface area contributed by atoms with E-state index in [-0.39, 0.29) is 5.43 Å². The van der Waals surface area contributed by atoms with Gasteiger partial charge in [0.05, 0.1) is 24.6 Å². The molecular formula is C12H14N4O. The molecule has 0 unspecified atom stereocenters. The molecule has 5 nitrogen and oxygen atoms in total. The lowest BCUT2D eigenvalue weighted by atomic mass is 10.4. The molecule has 0 aromatic carbocycles. The average molecular weight is 230 g/mol. The highest BCUT2D eigenvalue weighted by atomic mass is 16.1. The van der Waals surface area contributed by atoms with Gasteiger partial charge in [0.25, 0.3) is 0 Å². The first-order chi connectivity index (χ1) is 8.28. The molecule has 17 heavy (non-hydrogen) atoms. The van der Waals surface area contributed by atoms with Crippen molar-refractivity contribution < 1.29 is 0 Å². The summed E-state index contributed by atoms with van der Waals surface area (Å²) in [5, 5.41) is 3.08. The zero-order valence-corrected chi connectivity index (χ0v) is 9.63. The summed E-state index contributed by atoms with van der Waals surface area (Å²) in [5.41, 5.74) is 0.866. The van der Waals surface area contributed by atoms with Crippen molar-refractivity contribution in [2.45, 2.75) is 13.5 Å². The van der Waals surface area contributed by atoms with E-state index < -0.39 is 0 Å². The molecule has 0 aliphatic rings. The molecule has 0 spiro atoms. The quantitative estimate of drug-likeness (QED) is 0.855. The maximum atomic E-state index is 10.9. The van der Waals surface area contributed by atoms with Gasteiger partial charge in [0, 0.05) is 31.1 Å². The Hall–Kier alpha value is -2.17. The maximum Gasteiger partial charge on any atom is 0.181 e. The van der Waals surface area contributed by atoms with Crippen LogP contribution >= 0.6 is 0 Å². The third-order valence-electron chi connectivity index (χ3n) is 2.27. The van der Waals surface area contributed by atoms with Crippen molar-refractivity contribution in [3.63, 3.8) is 0 Å². The van der Waals surface area contributed by atoms with Crippen molar-refractivity contribution in [2.24, 2.45) is 0 Å². The lowest BCUT2D eigenvalue weighted by Crippen LogP contribution is -2.07. The summed E-state index contributed by atoms with van der Waals surface area (Å²) in [5.74, 6) is 0.774. The number of pyridine rings is 1. The maximum absolute atomic E-state index is 10.9. The minimum atomic E-state index is 0.00910. The number of hydrogen-bond acceptors (Lipinski definition) is 4. The van der Waals surface area contributed by atoms with Crippen molar-refractivity contribution in [1.29, 1.82) is 0 Å². The Balaban J connectivity index is 2.08. The van der Waals surface area contributed by atoms with Crippen LogP contribution in [0, 0.1) is 0 Å². The van der Waals surface area contributed by atoms with Crippen LogP contribution in [0.25, 0.3) is 0 Å². The zero-order valence-electron chi connectivity index (χ0n) is 9.63. The normalized spacial score (nSPS) is 10.2. The van der Waals surface area contributed by atoms with Gasteiger partial charge >= 0.3 is 0 Å². The molecule has 0 amide bonds. The molecule has 0 radical (unpaired) electrons. The fraction of sp³-hybridized carbons (Fsp3) is 0.250. The first kappa shape index (κ1) is 11.3. The molecule has 2 heterocycles. The van der Waals surface area contributed by atoms with Crippen LogP contribution in [-0.2, 0) is 6.54 Å². The van der Waals surface area contributed by atoms with Crippen LogP contribution in [0.5, 0.6) is 0 Å². The van der Waals surface area contributed by atoms with Crippen LogP contribution in [0.15, 0.2) is 41.7 Å². The molecule has 0 saturated carbocycles. The Morgan fingerprint density at radius 1 is 1.24 bits per heavy atom. The summed E-state index contributed by atoms with van der Waals surface area (Å²) >= 11 is 0. The lowest BCUT2D eigenvalue weighted by Gasteiger charge is -2.06. The Morgan fingerprint density at radius 3 is 2.59 bits per heavy atom. The minimum Gasteiger partial charge on any atom is -0.369 e. The second-order valence-corrected chi connectivity index (χ2v) is 3.63. The number of aromatic nitrogens is 3. The van der Waals surface area contributed by atoms with Crippen molar-refractivity contribution in [3.05, 3.63) is 52.8 Å². The van der Waals surface area contributed by atoms with Gasteiger partial charge in [0.1, 0.15) is 5.82 Å². The van der Waals surface area contributed by atoms with Crippen LogP contribution in [0.3, 0.4) is 0 Å². The Kier molecular flexibility index (Phi) is 3.49. The zero-order chi connectivity index (χ0) is 12.1. The SMILES string of the molecule is CCNc1cnc(Cn2ccc(=O)cc2)cn1. The largest absolute Gasteiger partial charge is 0.369 e. The van der Waals surface area contributed by atoms with E-state index in [1.54, 1.807) is 24.8 Å². The summed E-state index contributed by atoms with van der Waals surface area (Å²) in [6.45, 7) is 3.45.